The second kappa shape index (κ2) is 5.93. The van der Waals surface area contributed by atoms with E-state index in [9.17, 15) is 22.7 Å². The summed E-state index contributed by atoms with van der Waals surface area (Å²) in [6.45, 7) is 0. The molecule has 20 heavy (non-hydrogen) atoms. The number of benzene rings is 2. The van der Waals surface area contributed by atoms with Gasteiger partial charge in [0.2, 0.25) is 0 Å². The zero-order valence-electron chi connectivity index (χ0n) is 10.0. The van der Waals surface area contributed by atoms with Gasteiger partial charge in [-0.1, -0.05) is 12.1 Å². The molecular weight excluding hydrogens is 340 g/mol. The third-order valence-electron chi connectivity index (χ3n) is 2.85. The van der Waals surface area contributed by atoms with E-state index in [1.807, 2.05) is 0 Å². The van der Waals surface area contributed by atoms with Crippen LogP contribution < -0.4 is 0 Å². The zero-order chi connectivity index (χ0) is 14.9. The fourth-order valence-corrected chi connectivity index (χ4v) is 2.39. The summed E-state index contributed by atoms with van der Waals surface area (Å²) in [5, 5.41) is 9.98. The van der Waals surface area contributed by atoms with Gasteiger partial charge < -0.3 is 5.11 Å². The maximum Gasteiger partial charge on any atom is 0.173 e. The molecule has 1 N–H and O–H groups in total. The van der Waals surface area contributed by atoms with Crippen LogP contribution in [0.15, 0.2) is 34.8 Å². The van der Waals surface area contributed by atoms with E-state index >= 15 is 0 Å². The van der Waals surface area contributed by atoms with E-state index < -0.39 is 29.4 Å². The Labute approximate surface area is 121 Å². The lowest BCUT2D eigenvalue weighted by Gasteiger charge is -2.14. The zero-order valence-corrected chi connectivity index (χ0v) is 11.6. The molecule has 0 aromatic heterocycles. The monoisotopic (exact) mass is 348 g/mol. The third-order valence-corrected chi connectivity index (χ3v) is 3.66. The van der Waals surface area contributed by atoms with Crippen LogP contribution in [0.25, 0.3) is 0 Å². The van der Waals surface area contributed by atoms with Crippen molar-refractivity contribution in [2.24, 2.45) is 0 Å². The second-order valence-electron chi connectivity index (χ2n) is 4.22. The molecule has 0 aliphatic rings. The summed E-state index contributed by atoms with van der Waals surface area (Å²) >= 11 is 2.85. The highest BCUT2D eigenvalue weighted by Gasteiger charge is 2.19. The molecule has 0 spiro atoms. The van der Waals surface area contributed by atoms with Crippen LogP contribution in [-0.4, -0.2) is 5.11 Å². The Morgan fingerprint density at radius 1 is 1.00 bits per heavy atom. The average molecular weight is 349 g/mol. The first-order valence-electron chi connectivity index (χ1n) is 5.65. The molecule has 1 atom stereocenters. The van der Waals surface area contributed by atoms with Gasteiger partial charge in [0.25, 0.3) is 0 Å². The lowest BCUT2D eigenvalue weighted by Crippen LogP contribution is -2.06. The van der Waals surface area contributed by atoms with Crippen molar-refractivity contribution in [1.82, 2.24) is 0 Å². The number of hydrogen-bond acceptors (Lipinski definition) is 1. The van der Waals surface area contributed by atoms with Gasteiger partial charge in [0.15, 0.2) is 11.6 Å². The number of rotatable bonds is 3. The first-order chi connectivity index (χ1) is 9.40. The Morgan fingerprint density at radius 2 is 1.70 bits per heavy atom. The molecule has 0 saturated carbocycles. The van der Waals surface area contributed by atoms with Crippen LogP contribution in [0.2, 0.25) is 0 Å². The molecule has 0 fully saturated rings. The van der Waals surface area contributed by atoms with E-state index in [-0.39, 0.29) is 22.0 Å². The van der Waals surface area contributed by atoms with Crippen LogP contribution in [0, 0.1) is 23.3 Å². The van der Waals surface area contributed by atoms with Crippen LogP contribution in [0.5, 0.6) is 0 Å². The Balaban J connectivity index is 2.28. The Hall–Kier alpha value is -1.40. The van der Waals surface area contributed by atoms with E-state index in [0.717, 1.165) is 12.1 Å². The summed E-state index contributed by atoms with van der Waals surface area (Å²) in [6, 6.07) is 5.03. The molecule has 6 heteroatoms. The fourth-order valence-electron chi connectivity index (χ4n) is 1.80. The van der Waals surface area contributed by atoms with Gasteiger partial charge in [-0.2, -0.15) is 0 Å². The maximum atomic E-state index is 13.5. The van der Waals surface area contributed by atoms with Crippen LogP contribution >= 0.6 is 15.9 Å². The summed E-state index contributed by atoms with van der Waals surface area (Å²) in [7, 11) is 0. The Bertz CT molecular complexity index is 645. The van der Waals surface area contributed by atoms with Crippen molar-refractivity contribution in [3.8, 4) is 0 Å². The van der Waals surface area contributed by atoms with E-state index in [2.05, 4.69) is 15.9 Å². The van der Waals surface area contributed by atoms with Crippen molar-refractivity contribution < 1.29 is 22.7 Å². The average Bonchev–Trinajstić information content (AvgIpc) is 2.39. The topological polar surface area (TPSA) is 20.2 Å². The Kier molecular flexibility index (Phi) is 4.45. The van der Waals surface area contributed by atoms with Gasteiger partial charge >= 0.3 is 0 Å². The van der Waals surface area contributed by atoms with Crippen molar-refractivity contribution in [3.63, 3.8) is 0 Å². The number of hydrogen-bond donors (Lipinski definition) is 1. The number of aliphatic hydroxyl groups excluding tert-OH is 1. The van der Waals surface area contributed by atoms with Crippen LogP contribution in [-0.2, 0) is 6.42 Å². The highest BCUT2D eigenvalue weighted by molar-refractivity contribution is 9.10. The summed E-state index contributed by atoms with van der Waals surface area (Å²) < 4.78 is 52.4. The van der Waals surface area contributed by atoms with Gasteiger partial charge in [0.1, 0.15) is 11.6 Å². The molecular formula is C14H9BrF4O. The minimum atomic E-state index is -1.25. The number of aliphatic hydroxyl groups is 1. The first kappa shape index (κ1) is 15.0. The Morgan fingerprint density at radius 3 is 2.35 bits per heavy atom. The second-order valence-corrected chi connectivity index (χ2v) is 5.01. The predicted molar refractivity (Wildman–Crippen MR) is 69.1 cm³/mol. The fraction of sp³-hybridized carbons (Fsp3) is 0.143. The van der Waals surface area contributed by atoms with Gasteiger partial charge in [-0.3, -0.25) is 0 Å². The summed E-state index contributed by atoms with van der Waals surface area (Å²) in [5.74, 6) is -3.71. The highest BCUT2D eigenvalue weighted by Crippen LogP contribution is 2.30. The molecule has 0 bridgehead atoms. The molecule has 1 nitrogen and oxygen atoms in total. The molecule has 106 valence electrons. The summed E-state index contributed by atoms with van der Waals surface area (Å²) in [5.41, 5.74) is 0.170. The largest absolute Gasteiger partial charge is 0.388 e. The molecule has 1 unspecified atom stereocenters. The lowest BCUT2D eigenvalue weighted by molar-refractivity contribution is 0.175. The summed E-state index contributed by atoms with van der Waals surface area (Å²) in [4.78, 5) is 0. The van der Waals surface area contributed by atoms with Gasteiger partial charge in [-0.25, -0.2) is 17.6 Å². The van der Waals surface area contributed by atoms with E-state index in [0.29, 0.717) is 6.07 Å². The van der Waals surface area contributed by atoms with Gasteiger partial charge in [0, 0.05) is 12.5 Å². The van der Waals surface area contributed by atoms with Crippen molar-refractivity contribution in [2.45, 2.75) is 12.5 Å². The third kappa shape index (κ3) is 3.02. The molecule has 2 aromatic carbocycles. The highest BCUT2D eigenvalue weighted by atomic mass is 79.9. The smallest absolute Gasteiger partial charge is 0.173 e. The molecule has 2 aromatic rings. The normalized spacial score (nSPS) is 12.5. The standard InChI is InChI=1S/C14H9BrF4O/c15-13-9(3-4-10(17)14(13)19)12(20)5-7-1-2-8(16)6-11(7)18/h1-4,6,12,20H,5H2. The van der Waals surface area contributed by atoms with Gasteiger partial charge in [0.05, 0.1) is 10.6 Å². The molecule has 0 aliphatic heterocycles. The molecule has 0 radical (unpaired) electrons. The van der Waals surface area contributed by atoms with E-state index in [1.165, 1.54) is 12.1 Å². The maximum absolute atomic E-state index is 13.5. The molecule has 0 heterocycles. The first-order valence-corrected chi connectivity index (χ1v) is 6.45. The van der Waals surface area contributed by atoms with Crippen LogP contribution in [0.4, 0.5) is 17.6 Å². The summed E-state index contributed by atoms with van der Waals surface area (Å²) in [6.07, 6.45) is -1.44. The van der Waals surface area contributed by atoms with E-state index in [4.69, 9.17) is 0 Å². The lowest BCUT2D eigenvalue weighted by atomic mass is 10.0. The minimum Gasteiger partial charge on any atom is -0.388 e. The minimum absolute atomic E-state index is 0.0792. The number of halogens is 5. The van der Waals surface area contributed by atoms with Crippen molar-refractivity contribution in [1.29, 1.82) is 0 Å². The molecule has 0 amide bonds. The molecule has 2 rings (SSSR count). The molecule has 0 aliphatic carbocycles. The molecule has 0 saturated heterocycles. The predicted octanol–water partition coefficient (Wildman–Crippen LogP) is 4.28. The van der Waals surface area contributed by atoms with Crippen molar-refractivity contribution in [2.75, 3.05) is 0 Å². The van der Waals surface area contributed by atoms with Gasteiger partial charge in [-0.05, 0) is 39.2 Å². The van der Waals surface area contributed by atoms with Crippen LogP contribution in [0.3, 0.4) is 0 Å². The van der Waals surface area contributed by atoms with Crippen molar-refractivity contribution in [3.05, 3.63) is 69.2 Å². The van der Waals surface area contributed by atoms with Crippen LogP contribution in [0.1, 0.15) is 17.2 Å². The van der Waals surface area contributed by atoms with E-state index in [1.54, 1.807) is 0 Å². The SMILES string of the molecule is OC(Cc1ccc(F)cc1F)c1ccc(F)c(F)c1Br. The quantitative estimate of drug-likeness (QED) is 0.648. The van der Waals surface area contributed by atoms with Crippen molar-refractivity contribution >= 4 is 15.9 Å². The van der Waals surface area contributed by atoms with Gasteiger partial charge in [-0.15, -0.1) is 0 Å².